The molecule has 0 bridgehead atoms. The van der Waals surface area contributed by atoms with Gasteiger partial charge >= 0.3 is 5.97 Å². The van der Waals surface area contributed by atoms with Crippen LogP contribution in [-0.2, 0) is 52.8 Å². The molecule has 2 heterocycles. The van der Waals surface area contributed by atoms with Crippen molar-refractivity contribution in [2.45, 2.75) is 95.2 Å². The zero-order chi connectivity index (χ0) is 41.5. The van der Waals surface area contributed by atoms with E-state index in [4.69, 9.17) is 11.5 Å². The van der Waals surface area contributed by atoms with Gasteiger partial charge in [-0.05, 0) is 37.0 Å². The highest BCUT2D eigenvalue weighted by Crippen LogP contribution is 2.13. The summed E-state index contributed by atoms with van der Waals surface area (Å²) in [6, 6.07) is -3.10. The first-order valence-electron chi connectivity index (χ1n) is 17.6. The number of aromatic nitrogens is 4. The lowest BCUT2D eigenvalue weighted by molar-refractivity contribution is -0.145. The predicted molar refractivity (Wildman–Crippen MR) is 197 cm³/mol. The zero-order valence-corrected chi connectivity index (χ0v) is 31.0. The van der Waals surface area contributed by atoms with Crippen LogP contribution < -0.4 is 38.1 Å². The number of nitrogens with one attached hydrogen (secondary N) is 7. The maximum Gasteiger partial charge on any atom is 0.328 e. The number of carbonyl (C=O) groups is 7. The second kappa shape index (κ2) is 20.9. The topological polar surface area (TPSA) is 350 Å². The summed E-state index contributed by atoms with van der Waals surface area (Å²) in [6.07, 6.45) is 3.03. The molecule has 0 unspecified atom stereocenters. The third-order valence-corrected chi connectivity index (χ3v) is 8.36. The number of benzene rings is 1. The second-order valence-corrected chi connectivity index (χ2v) is 13.6. The minimum absolute atomic E-state index is 0.0630. The molecule has 3 aromatic rings. The number of aromatic hydroxyl groups is 1. The fraction of sp³-hybridized carbons (Fsp3) is 0.457. The lowest BCUT2D eigenvalue weighted by atomic mass is 10.0. The molecule has 0 aliphatic rings. The normalized spacial score (nSPS) is 14.9. The minimum atomic E-state index is -1.74. The Morgan fingerprint density at radius 1 is 0.696 bits per heavy atom. The summed E-state index contributed by atoms with van der Waals surface area (Å²) < 4.78 is 0. The van der Waals surface area contributed by atoms with Gasteiger partial charge in [0.15, 0.2) is 6.04 Å². The Morgan fingerprint density at radius 3 is 1.57 bits per heavy atom. The van der Waals surface area contributed by atoms with E-state index in [2.05, 4.69) is 46.5 Å². The Hall–Kier alpha value is -6.35. The number of rotatable bonds is 22. The van der Waals surface area contributed by atoms with Crippen LogP contribution in [0.2, 0.25) is 0 Å². The third kappa shape index (κ3) is 14.1. The summed E-state index contributed by atoms with van der Waals surface area (Å²) in [4.78, 5) is 105. The van der Waals surface area contributed by atoms with E-state index in [0.29, 0.717) is 17.7 Å². The number of H-pyrrole nitrogens is 2. The summed E-state index contributed by atoms with van der Waals surface area (Å²) >= 11 is 0. The largest absolute Gasteiger partial charge is 0.508 e. The van der Waals surface area contributed by atoms with Crippen LogP contribution in [0.3, 0.4) is 0 Å². The maximum absolute atomic E-state index is 13.9. The number of aromatic amines is 2. The standard InChI is InChI=1S/C35H49N11O10/c1-17(2)8-23(36)30(50)42-25(10-20-13-38-15-40-20)31(51)45-27(12-28(37)49)33(53)44-26(11-21-14-39-16-41-21)32(52)43-24(9-19-4-6-22(48)7-5-19)34(54)46-29(18(3)47)35(55)56/h4-7,13-18,23-27,29,47-48H,8-12,36H2,1-3H3,(H2,37,49)(H,38,40)(H,39,41)(H,42,50)(H,43,52)(H,44,53)(H,45,51)(H,46,54)(H,55,56)/t18-,23+,24+,25+,26+,27+,29+/m1/s1. The van der Waals surface area contributed by atoms with Crippen molar-refractivity contribution in [3.8, 4) is 5.75 Å². The average Bonchev–Trinajstić information content (AvgIpc) is 3.84. The number of aliphatic hydroxyl groups excluding tert-OH is 1. The van der Waals surface area contributed by atoms with Gasteiger partial charge in [-0.2, -0.15) is 0 Å². The molecule has 304 valence electrons. The number of hydrogen-bond donors (Lipinski definition) is 12. The molecule has 0 aliphatic heterocycles. The van der Waals surface area contributed by atoms with Crippen LogP contribution in [0.25, 0.3) is 0 Å². The second-order valence-electron chi connectivity index (χ2n) is 13.6. The Kier molecular flexibility index (Phi) is 16.5. The molecule has 21 nitrogen and oxygen atoms in total. The number of imidazole rings is 2. The van der Waals surface area contributed by atoms with Gasteiger partial charge in [0.25, 0.3) is 0 Å². The zero-order valence-electron chi connectivity index (χ0n) is 31.0. The Labute approximate surface area is 321 Å². The van der Waals surface area contributed by atoms with Gasteiger partial charge in [0.2, 0.25) is 35.4 Å². The van der Waals surface area contributed by atoms with E-state index in [1.807, 2.05) is 13.8 Å². The van der Waals surface area contributed by atoms with Gasteiger partial charge in [0.1, 0.15) is 29.9 Å². The number of carboxylic acids is 1. The highest BCUT2D eigenvalue weighted by molar-refractivity contribution is 5.98. The van der Waals surface area contributed by atoms with Gasteiger partial charge in [0.05, 0.1) is 42.6 Å². The molecule has 21 heteroatoms. The number of nitrogens with two attached hydrogens (primary N) is 2. The summed E-state index contributed by atoms with van der Waals surface area (Å²) in [6.45, 7) is 4.88. The fourth-order valence-electron chi connectivity index (χ4n) is 5.48. The SMILES string of the molecule is CC(C)C[C@H](N)C(=O)N[C@@H](Cc1c[nH]cn1)C(=O)N[C@@H](CC(N)=O)C(=O)N[C@@H](Cc1c[nH]cn1)C(=O)N[C@@H](Cc1ccc(O)cc1)C(=O)N[C@H](C(=O)O)[C@@H](C)O. The van der Waals surface area contributed by atoms with Gasteiger partial charge in [-0.25, -0.2) is 14.8 Å². The number of carboxylic acid groups (broad SMARTS) is 1. The van der Waals surface area contributed by atoms with E-state index in [1.165, 1.54) is 49.3 Å². The number of phenols is 1. The molecule has 7 atom stereocenters. The van der Waals surface area contributed by atoms with Gasteiger partial charge in [-0.3, -0.25) is 28.8 Å². The van der Waals surface area contributed by atoms with Crippen molar-refractivity contribution in [2.75, 3.05) is 0 Å². The molecule has 0 saturated carbocycles. The number of primary amides is 1. The number of aliphatic hydroxyl groups is 1. The van der Waals surface area contributed by atoms with Crippen LogP contribution in [0.5, 0.6) is 5.75 Å². The molecule has 0 radical (unpaired) electrons. The lowest BCUT2D eigenvalue weighted by Gasteiger charge is -2.27. The molecule has 1 aromatic carbocycles. The van der Waals surface area contributed by atoms with Crippen molar-refractivity contribution < 1.29 is 48.9 Å². The van der Waals surface area contributed by atoms with Gasteiger partial charge in [-0.15, -0.1) is 0 Å². The van der Waals surface area contributed by atoms with Gasteiger partial charge < -0.3 is 63.3 Å². The van der Waals surface area contributed by atoms with Crippen LogP contribution in [0.4, 0.5) is 0 Å². The first-order valence-corrected chi connectivity index (χ1v) is 17.6. The summed E-state index contributed by atoms with van der Waals surface area (Å²) in [5, 5.41) is 41.4. The molecule has 14 N–H and O–H groups in total. The first-order chi connectivity index (χ1) is 26.4. The van der Waals surface area contributed by atoms with Crippen LogP contribution in [0.15, 0.2) is 49.3 Å². The van der Waals surface area contributed by atoms with E-state index < -0.39 is 90.2 Å². The fourth-order valence-corrected chi connectivity index (χ4v) is 5.48. The summed E-state index contributed by atoms with van der Waals surface area (Å²) in [5.74, 6) is -7.11. The smallest absolute Gasteiger partial charge is 0.328 e. The molecule has 0 saturated heterocycles. The molecule has 0 fully saturated rings. The number of nitrogens with zero attached hydrogens (tertiary/aromatic N) is 2. The van der Waals surface area contributed by atoms with Crippen molar-refractivity contribution in [1.29, 1.82) is 0 Å². The molecule has 6 amide bonds. The molecule has 0 spiro atoms. The summed E-state index contributed by atoms with van der Waals surface area (Å²) in [7, 11) is 0. The quantitative estimate of drug-likeness (QED) is 0.0484. The highest BCUT2D eigenvalue weighted by atomic mass is 16.4. The highest BCUT2D eigenvalue weighted by Gasteiger charge is 2.35. The Morgan fingerprint density at radius 2 is 1.14 bits per heavy atom. The molecule has 2 aromatic heterocycles. The minimum Gasteiger partial charge on any atom is -0.508 e. The van der Waals surface area contributed by atoms with E-state index in [-0.39, 0.29) is 36.6 Å². The maximum atomic E-state index is 13.9. The third-order valence-electron chi connectivity index (χ3n) is 8.36. The van der Waals surface area contributed by atoms with E-state index in [9.17, 15) is 48.9 Å². The molecular weight excluding hydrogens is 734 g/mol. The number of carbonyl (C=O) groups excluding carboxylic acids is 6. The van der Waals surface area contributed by atoms with Crippen molar-refractivity contribution in [2.24, 2.45) is 17.4 Å². The Balaban J connectivity index is 1.90. The molecule has 3 rings (SSSR count). The van der Waals surface area contributed by atoms with Crippen LogP contribution in [-0.4, -0.2) is 119 Å². The number of aliphatic carboxylic acids is 1. The monoisotopic (exact) mass is 783 g/mol. The van der Waals surface area contributed by atoms with Crippen LogP contribution in [0.1, 0.15) is 50.6 Å². The van der Waals surface area contributed by atoms with Crippen molar-refractivity contribution in [3.63, 3.8) is 0 Å². The molecule has 56 heavy (non-hydrogen) atoms. The van der Waals surface area contributed by atoms with E-state index >= 15 is 0 Å². The van der Waals surface area contributed by atoms with Crippen LogP contribution in [0, 0.1) is 5.92 Å². The van der Waals surface area contributed by atoms with E-state index in [0.717, 1.165) is 6.92 Å². The van der Waals surface area contributed by atoms with Gasteiger partial charge in [0, 0.05) is 31.7 Å². The van der Waals surface area contributed by atoms with Crippen molar-refractivity contribution in [3.05, 3.63) is 66.3 Å². The van der Waals surface area contributed by atoms with Crippen LogP contribution >= 0.6 is 0 Å². The Bertz CT molecular complexity index is 1780. The summed E-state index contributed by atoms with van der Waals surface area (Å²) in [5.41, 5.74) is 12.6. The van der Waals surface area contributed by atoms with Crippen molar-refractivity contribution >= 4 is 41.4 Å². The van der Waals surface area contributed by atoms with E-state index in [1.54, 1.807) is 0 Å². The molecular formula is C35H49N11O10. The van der Waals surface area contributed by atoms with Gasteiger partial charge in [-0.1, -0.05) is 26.0 Å². The predicted octanol–water partition coefficient (Wildman–Crippen LogP) is -3.00. The van der Waals surface area contributed by atoms with Crippen molar-refractivity contribution in [1.82, 2.24) is 46.5 Å². The number of amides is 6. The molecule has 0 aliphatic carbocycles. The lowest BCUT2D eigenvalue weighted by Crippen LogP contribution is -2.61. The number of phenolic OH excluding ortho intramolecular Hbond substituents is 1. The first kappa shape index (κ1) is 44.0. The average molecular weight is 784 g/mol. The number of hydrogen-bond acceptors (Lipinski definition) is 12.